The van der Waals surface area contributed by atoms with E-state index >= 15 is 0 Å². The minimum Gasteiger partial charge on any atom is -0.496 e. The van der Waals surface area contributed by atoms with Gasteiger partial charge in [-0.05, 0) is 43.0 Å². The van der Waals surface area contributed by atoms with Crippen LogP contribution in [-0.2, 0) is 13.0 Å². The molecule has 1 heterocycles. The second-order valence-electron chi connectivity index (χ2n) is 6.73. The highest BCUT2D eigenvalue weighted by Crippen LogP contribution is 2.21. The Bertz CT molecular complexity index is 949. The zero-order valence-electron chi connectivity index (χ0n) is 16.9. The highest BCUT2D eigenvalue weighted by Gasteiger charge is 2.07. The van der Waals surface area contributed by atoms with Gasteiger partial charge in [0.1, 0.15) is 5.75 Å². The van der Waals surface area contributed by atoms with Crippen molar-refractivity contribution in [3.63, 3.8) is 0 Å². The molecule has 0 spiro atoms. The van der Waals surface area contributed by atoms with Crippen molar-refractivity contribution in [1.29, 1.82) is 0 Å². The van der Waals surface area contributed by atoms with E-state index < -0.39 is 0 Å². The summed E-state index contributed by atoms with van der Waals surface area (Å²) in [7, 11) is 3.49. The summed E-state index contributed by atoms with van der Waals surface area (Å²) in [6.07, 6.45) is 3.03. The van der Waals surface area contributed by atoms with Crippen molar-refractivity contribution in [2.45, 2.75) is 26.8 Å². The van der Waals surface area contributed by atoms with E-state index in [1.807, 2.05) is 6.07 Å². The first-order valence-electron chi connectivity index (χ1n) is 9.26. The van der Waals surface area contributed by atoms with Gasteiger partial charge in [0.15, 0.2) is 5.96 Å². The first-order valence-corrected chi connectivity index (χ1v) is 9.26. The molecule has 0 fully saturated rings. The van der Waals surface area contributed by atoms with Crippen LogP contribution in [-0.4, -0.2) is 31.6 Å². The van der Waals surface area contributed by atoms with Crippen LogP contribution in [0.2, 0.25) is 0 Å². The van der Waals surface area contributed by atoms with E-state index in [1.165, 1.54) is 27.6 Å². The van der Waals surface area contributed by atoms with Gasteiger partial charge in [-0.2, -0.15) is 0 Å². The lowest BCUT2D eigenvalue weighted by atomic mass is 10.1. The van der Waals surface area contributed by atoms with Crippen LogP contribution in [0.15, 0.2) is 47.6 Å². The number of aromatic amines is 1. The Morgan fingerprint density at radius 1 is 1.11 bits per heavy atom. The number of para-hydroxylation sites is 1. The summed E-state index contributed by atoms with van der Waals surface area (Å²) < 4.78 is 5.47. The van der Waals surface area contributed by atoms with Crippen LogP contribution in [0.5, 0.6) is 5.75 Å². The number of hydrogen-bond acceptors (Lipinski definition) is 2. The van der Waals surface area contributed by atoms with E-state index in [0.717, 1.165) is 30.2 Å². The first-order chi connectivity index (χ1) is 13.1. The number of aromatic nitrogens is 1. The molecule has 0 aliphatic heterocycles. The third-order valence-electron chi connectivity index (χ3n) is 4.81. The molecule has 0 atom stereocenters. The highest BCUT2D eigenvalue weighted by molar-refractivity contribution is 14.0. The second kappa shape index (κ2) is 10.4. The van der Waals surface area contributed by atoms with Crippen molar-refractivity contribution in [1.82, 2.24) is 15.6 Å². The smallest absolute Gasteiger partial charge is 0.191 e. The van der Waals surface area contributed by atoms with E-state index in [0.29, 0.717) is 6.54 Å². The summed E-state index contributed by atoms with van der Waals surface area (Å²) in [4.78, 5) is 7.70. The van der Waals surface area contributed by atoms with Crippen LogP contribution in [0.3, 0.4) is 0 Å². The molecule has 5 nitrogen and oxygen atoms in total. The Morgan fingerprint density at radius 2 is 1.93 bits per heavy atom. The maximum absolute atomic E-state index is 5.47. The number of ether oxygens (including phenoxy) is 1. The molecular weight excluding hydrogens is 463 g/mol. The molecule has 28 heavy (non-hydrogen) atoms. The van der Waals surface area contributed by atoms with E-state index in [4.69, 9.17) is 4.74 Å². The number of methoxy groups -OCH3 is 1. The first kappa shape index (κ1) is 22.1. The molecule has 0 aliphatic carbocycles. The molecular formula is C22H29IN4O. The van der Waals surface area contributed by atoms with Crippen LogP contribution >= 0.6 is 24.0 Å². The SMILES string of the molecule is CN=C(NCCc1c[nH]c2c(C)cccc12)NCc1ccc(C)cc1OC.I. The van der Waals surface area contributed by atoms with Crippen molar-refractivity contribution < 1.29 is 4.74 Å². The zero-order chi connectivity index (χ0) is 19.2. The molecule has 0 bridgehead atoms. The molecule has 3 N–H and O–H groups in total. The van der Waals surface area contributed by atoms with E-state index in [1.54, 1.807) is 14.2 Å². The molecule has 0 saturated carbocycles. The summed E-state index contributed by atoms with van der Waals surface area (Å²) >= 11 is 0. The molecule has 0 aliphatic rings. The number of aliphatic imine (C=N–C) groups is 1. The Hall–Kier alpha value is -2.22. The third kappa shape index (κ3) is 5.19. The van der Waals surface area contributed by atoms with Crippen molar-refractivity contribution in [2.24, 2.45) is 4.99 Å². The number of rotatable bonds is 6. The third-order valence-corrected chi connectivity index (χ3v) is 4.81. The molecule has 0 saturated heterocycles. The minimum atomic E-state index is 0. The van der Waals surface area contributed by atoms with Gasteiger partial charge in [-0.15, -0.1) is 24.0 Å². The van der Waals surface area contributed by atoms with Gasteiger partial charge < -0.3 is 20.4 Å². The van der Waals surface area contributed by atoms with Gasteiger partial charge in [0.05, 0.1) is 7.11 Å². The number of halogens is 1. The van der Waals surface area contributed by atoms with E-state index in [2.05, 4.69) is 71.0 Å². The molecule has 1 aromatic heterocycles. The lowest BCUT2D eigenvalue weighted by Crippen LogP contribution is -2.37. The zero-order valence-corrected chi connectivity index (χ0v) is 19.3. The fourth-order valence-corrected chi connectivity index (χ4v) is 3.28. The van der Waals surface area contributed by atoms with Gasteiger partial charge in [0, 0.05) is 42.8 Å². The molecule has 6 heteroatoms. The number of fused-ring (bicyclic) bond motifs is 1. The molecule has 2 aromatic carbocycles. The maximum atomic E-state index is 5.47. The van der Waals surface area contributed by atoms with Crippen LogP contribution in [0, 0.1) is 13.8 Å². The fraction of sp³-hybridized carbons (Fsp3) is 0.318. The molecule has 0 amide bonds. The summed E-state index contributed by atoms with van der Waals surface area (Å²) in [5, 5.41) is 8.04. The van der Waals surface area contributed by atoms with Gasteiger partial charge in [-0.1, -0.05) is 30.3 Å². The predicted molar refractivity (Wildman–Crippen MR) is 128 cm³/mol. The molecule has 0 radical (unpaired) electrons. The summed E-state index contributed by atoms with van der Waals surface area (Å²) in [5.41, 5.74) is 6.11. The number of nitrogens with one attached hydrogen (secondary N) is 3. The average Bonchev–Trinajstić information content (AvgIpc) is 3.09. The predicted octanol–water partition coefficient (Wildman–Crippen LogP) is 4.32. The van der Waals surface area contributed by atoms with E-state index in [-0.39, 0.29) is 24.0 Å². The summed E-state index contributed by atoms with van der Waals surface area (Å²) in [5.74, 6) is 1.68. The van der Waals surface area contributed by atoms with E-state index in [9.17, 15) is 0 Å². The molecule has 3 rings (SSSR count). The van der Waals surface area contributed by atoms with Gasteiger partial charge in [0.2, 0.25) is 0 Å². The van der Waals surface area contributed by atoms with Crippen LogP contribution in [0.1, 0.15) is 22.3 Å². The standard InChI is InChI=1S/C22H28N4O.HI/c1-15-8-9-18(20(12-15)27-4)14-26-22(23-3)24-11-10-17-13-25-21-16(2)6-5-7-19(17)21;/h5-9,12-13,25H,10-11,14H2,1-4H3,(H2,23,24,26);1H. The molecule has 3 aromatic rings. The second-order valence-corrected chi connectivity index (χ2v) is 6.73. The van der Waals surface area contributed by atoms with Crippen molar-refractivity contribution in [3.05, 3.63) is 64.8 Å². The number of nitrogens with zero attached hydrogens (tertiary/aromatic N) is 1. The van der Waals surface area contributed by atoms with Gasteiger partial charge >= 0.3 is 0 Å². The topological polar surface area (TPSA) is 61.4 Å². The Labute approximate surface area is 184 Å². The normalized spacial score (nSPS) is 11.2. The van der Waals surface area contributed by atoms with Gasteiger partial charge in [0.25, 0.3) is 0 Å². The number of H-pyrrole nitrogens is 1. The van der Waals surface area contributed by atoms with Crippen molar-refractivity contribution in [3.8, 4) is 5.75 Å². The van der Waals surface area contributed by atoms with Gasteiger partial charge in [-0.25, -0.2) is 0 Å². The summed E-state index contributed by atoms with van der Waals surface area (Å²) in [6, 6.07) is 12.6. The Morgan fingerprint density at radius 3 is 2.68 bits per heavy atom. The van der Waals surface area contributed by atoms with Crippen LogP contribution in [0.4, 0.5) is 0 Å². The Balaban J connectivity index is 0.00000280. The minimum absolute atomic E-state index is 0. The fourth-order valence-electron chi connectivity index (χ4n) is 3.28. The van der Waals surface area contributed by atoms with Crippen LogP contribution < -0.4 is 15.4 Å². The number of benzene rings is 2. The van der Waals surface area contributed by atoms with Crippen molar-refractivity contribution in [2.75, 3.05) is 20.7 Å². The largest absolute Gasteiger partial charge is 0.496 e. The van der Waals surface area contributed by atoms with Gasteiger partial charge in [-0.3, -0.25) is 4.99 Å². The monoisotopic (exact) mass is 492 g/mol. The summed E-state index contributed by atoms with van der Waals surface area (Å²) in [6.45, 7) is 5.67. The lowest BCUT2D eigenvalue weighted by Gasteiger charge is -2.14. The number of guanidine groups is 1. The maximum Gasteiger partial charge on any atom is 0.191 e. The molecule has 150 valence electrons. The van der Waals surface area contributed by atoms with Crippen LogP contribution in [0.25, 0.3) is 10.9 Å². The molecule has 0 unspecified atom stereocenters. The highest BCUT2D eigenvalue weighted by atomic mass is 127. The lowest BCUT2D eigenvalue weighted by molar-refractivity contribution is 0.408. The Kier molecular flexibility index (Phi) is 8.17. The average molecular weight is 492 g/mol. The number of aryl methyl sites for hydroxylation is 2. The quantitative estimate of drug-likeness (QED) is 0.273. The van der Waals surface area contributed by atoms with Crippen molar-refractivity contribution >= 4 is 40.8 Å². The number of hydrogen-bond donors (Lipinski definition) is 3.